The van der Waals surface area contributed by atoms with Gasteiger partial charge < -0.3 is 5.32 Å². The van der Waals surface area contributed by atoms with Crippen LogP contribution in [0.4, 0.5) is 0 Å². The van der Waals surface area contributed by atoms with Crippen molar-refractivity contribution in [3.63, 3.8) is 0 Å². The molecule has 114 valence electrons. The molecule has 0 aliphatic heterocycles. The molecule has 1 aromatic rings. The fourth-order valence-electron chi connectivity index (χ4n) is 1.48. The highest BCUT2D eigenvalue weighted by Crippen LogP contribution is 2.35. The van der Waals surface area contributed by atoms with Crippen LogP contribution in [0.15, 0.2) is 14.1 Å². The number of sulfonamides is 1. The van der Waals surface area contributed by atoms with Gasteiger partial charge in [0, 0.05) is 12.6 Å². The summed E-state index contributed by atoms with van der Waals surface area (Å²) in [7, 11) is -3.71. The van der Waals surface area contributed by atoms with Gasteiger partial charge in [-0.15, -0.1) is 11.3 Å². The number of thiophene rings is 1. The average molecular weight is 404 g/mol. The molecule has 1 N–H and O–H groups in total. The molecule has 0 radical (unpaired) electrons. The van der Waals surface area contributed by atoms with Gasteiger partial charge in [-0.05, 0) is 35.8 Å². The normalized spacial score (nSPS) is 12.2. The molecule has 9 heteroatoms. The van der Waals surface area contributed by atoms with E-state index in [-0.39, 0.29) is 29.2 Å². The molecule has 0 aliphatic carbocycles. The molecule has 1 amide bonds. The van der Waals surface area contributed by atoms with Crippen LogP contribution in [0.25, 0.3) is 0 Å². The summed E-state index contributed by atoms with van der Waals surface area (Å²) in [5.74, 6) is -0.327. The van der Waals surface area contributed by atoms with Gasteiger partial charge in [0.15, 0.2) is 0 Å². The summed E-state index contributed by atoms with van der Waals surface area (Å²) in [4.78, 5) is 11.7. The van der Waals surface area contributed by atoms with Crippen LogP contribution in [-0.2, 0) is 14.8 Å². The second-order valence-electron chi connectivity index (χ2n) is 4.34. The zero-order valence-corrected chi connectivity index (χ0v) is 15.3. The Balaban J connectivity index is 2.95. The van der Waals surface area contributed by atoms with E-state index in [0.717, 1.165) is 15.6 Å². The molecule has 20 heavy (non-hydrogen) atoms. The smallest absolute Gasteiger partial charge is 0.253 e. The van der Waals surface area contributed by atoms with Crippen LogP contribution in [0.5, 0.6) is 0 Å². The number of hydrogen-bond acceptors (Lipinski definition) is 4. The number of amides is 1. The van der Waals surface area contributed by atoms with Crippen LogP contribution in [0.3, 0.4) is 0 Å². The van der Waals surface area contributed by atoms with E-state index in [1.807, 2.05) is 13.8 Å². The fraction of sp³-hybridized carbons (Fsp3) is 0.545. The Morgan fingerprint density at radius 1 is 1.55 bits per heavy atom. The topological polar surface area (TPSA) is 66.5 Å². The van der Waals surface area contributed by atoms with Crippen LogP contribution >= 0.6 is 38.9 Å². The van der Waals surface area contributed by atoms with Gasteiger partial charge in [-0.25, -0.2) is 8.42 Å². The monoisotopic (exact) mass is 402 g/mol. The number of rotatable bonds is 6. The lowest BCUT2D eigenvalue weighted by atomic mass is 10.4. The van der Waals surface area contributed by atoms with E-state index >= 15 is 0 Å². The SMILES string of the molecule is CCN(CC(=O)NC(C)C)S(=O)(=O)c1cc(Cl)c(Br)s1. The Morgan fingerprint density at radius 3 is 2.55 bits per heavy atom. The maximum absolute atomic E-state index is 12.4. The fourth-order valence-corrected chi connectivity index (χ4v) is 5.43. The van der Waals surface area contributed by atoms with E-state index in [0.29, 0.717) is 8.81 Å². The minimum absolute atomic E-state index is 0.0331. The van der Waals surface area contributed by atoms with Crippen molar-refractivity contribution in [3.05, 3.63) is 14.9 Å². The summed E-state index contributed by atoms with van der Waals surface area (Å²) in [5, 5.41) is 3.01. The van der Waals surface area contributed by atoms with Crippen LogP contribution in [0.1, 0.15) is 20.8 Å². The third-order valence-corrected chi connectivity index (χ3v) is 7.18. The van der Waals surface area contributed by atoms with Gasteiger partial charge >= 0.3 is 0 Å². The first kappa shape index (κ1) is 17.9. The van der Waals surface area contributed by atoms with Gasteiger partial charge in [0.1, 0.15) is 4.21 Å². The van der Waals surface area contributed by atoms with E-state index < -0.39 is 10.0 Å². The Bertz CT molecular complexity index is 567. The number of nitrogens with zero attached hydrogens (tertiary/aromatic N) is 1. The molecule has 1 heterocycles. The molecule has 5 nitrogen and oxygen atoms in total. The molecule has 0 aliphatic rings. The van der Waals surface area contributed by atoms with Gasteiger partial charge in [-0.3, -0.25) is 4.79 Å². The van der Waals surface area contributed by atoms with E-state index in [1.165, 1.54) is 6.07 Å². The Labute approximate surface area is 136 Å². The zero-order valence-electron chi connectivity index (χ0n) is 11.3. The summed E-state index contributed by atoms with van der Waals surface area (Å²) in [6, 6.07) is 1.35. The van der Waals surface area contributed by atoms with Gasteiger partial charge in [0.2, 0.25) is 5.91 Å². The Kier molecular flexibility index (Phi) is 6.46. The number of hydrogen-bond donors (Lipinski definition) is 1. The predicted molar refractivity (Wildman–Crippen MR) is 84.7 cm³/mol. The lowest BCUT2D eigenvalue weighted by molar-refractivity contribution is -0.121. The Morgan fingerprint density at radius 2 is 2.15 bits per heavy atom. The van der Waals surface area contributed by atoms with Crippen LogP contribution in [0.2, 0.25) is 5.02 Å². The molecule has 0 bridgehead atoms. The number of halogens is 2. The highest BCUT2D eigenvalue weighted by Gasteiger charge is 2.27. The summed E-state index contributed by atoms with van der Waals surface area (Å²) in [6.45, 7) is 5.33. The number of nitrogens with one attached hydrogen (secondary N) is 1. The van der Waals surface area contributed by atoms with Gasteiger partial charge in [0.25, 0.3) is 10.0 Å². The van der Waals surface area contributed by atoms with Crippen molar-refractivity contribution in [2.45, 2.75) is 31.0 Å². The molecule has 0 unspecified atom stereocenters. The second kappa shape index (κ2) is 7.22. The molecule has 0 saturated heterocycles. The predicted octanol–water partition coefficient (Wildman–Crippen LogP) is 2.70. The lowest BCUT2D eigenvalue weighted by Gasteiger charge is -2.19. The number of carbonyl (C=O) groups excluding carboxylic acids is 1. The average Bonchev–Trinajstić information content (AvgIpc) is 2.66. The first-order chi connectivity index (χ1) is 9.18. The van der Waals surface area contributed by atoms with Crippen LogP contribution in [0, 0.1) is 0 Å². The third-order valence-electron chi connectivity index (χ3n) is 2.34. The molecule has 0 spiro atoms. The summed E-state index contributed by atoms with van der Waals surface area (Å²) >= 11 is 10.1. The minimum atomic E-state index is -3.71. The summed E-state index contributed by atoms with van der Waals surface area (Å²) in [6.07, 6.45) is 0. The van der Waals surface area contributed by atoms with Gasteiger partial charge in [-0.2, -0.15) is 4.31 Å². The van der Waals surface area contributed by atoms with Crippen molar-refractivity contribution in [1.29, 1.82) is 0 Å². The maximum Gasteiger partial charge on any atom is 0.253 e. The van der Waals surface area contributed by atoms with E-state index in [9.17, 15) is 13.2 Å². The van der Waals surface area contributed by atoms with E-state index in [2.05, 4.69) is 21.2 Å². The maximum atomic E-state index is 12.4. The molecule has 0 atom stereocenters. The van der Waals surface area contributed by atoms with Gasteiger partial charge in [0.05, 0.1) is 15.4 Å². The van der Waals surface area contributed by atoms with E-state index in [4.69, 9.17) is 11.6 Å². The molecule has 1 rings (SSSR count). The largest absolute Gasteiger partial charge is 0.353 e. The summed E-state index contributed by atoms with van der Waals surface area (Å²) in [5.41, 5.74) is 0. The first-order valence-electron chi connectivity index (χ1n) is 5.92. The number of likely N-dealkylation sites (N-methyl/N-ethyl adjacent to an activating group) is 1. The van der Waals surface area contributed by atoms with Gasteiger partial charge in [-0.1, -0.05) is 18.5 Å². The third kappa shape index (κ3) is 4.42. The molecule has 0 aromatic carbocycles. The molecule has 0 saturated carbocycles. The first-order valence-corrected chi connectivity index (χ1v) is 9.35. The van der Waals surface area contributed by atoms with Crippen molar-refractivity contribution in [2.75, 3.05) is 13.1 Å². The van der Waals surface area contributed by atoms with Crippen molar-refractivity contribution in [2.24, 2.45) is 0 Å². The van der Waals surface area contributed by atoms with Crippen LogP contribution < -0.4 is 5.32 Å². The highest BCUT2D eigenvalue weighted by atomic mass is 79.9. The molecular weight excluding hydrogens is 388 g/mol. The summed E-state index contributed by atoms with van der Waals surface area (Å²) < 4.78 is 26.7. The van der Waals surface area contributed by atoms with Crippen molar-refractivity contribution in [1.82, 2.24) is 9.62 Å². The molecule has 1 aromatic heterocycles. The quantitative estimate of drug-likeness (QED) is 0.794. The zero-order chi connectivity index (χ0) is 15.5. The standard InChI is InChI=1S/C11H16BrClN2O3S2/c1-4-15(6-9(16)14-7(2)3)20(17,18)10-5-8(13)11(12)19-10/h5,7H,4,6H2,1-3H3,(H,14,16). The Hall–Kier alpha value is -0.150. The van der Waals surface area contributed by atoms with Crippen molar-refractivity contribution in [3.8, 4) is 0 Å². The van der Waals surface area contributed by atoms with Crippen molar-refractivity contribution >= 4 is 54.8 Å². The highest BCUT2D eigenvalue weighted by molar-refractivity contribution is 9.11. The van der Waals surface area contributed by atoms with Crippen LogP contribution in [-0.4, -0.2) is 37.8 Å². The number of carbonyl (C=O) groups is 1. The molecule has 0 fully saturated rings. The molecular formula is C11H16BrClN2O3S2. The van der Waals surface area contributed by atoms with Crippen molar-refractivity contribution < 1.29 is 13.2 Å². The lowest BCUT2D eigenvalue weighted by Crippen LogP contribution is -2.42. The second-order valence-corrected chi connectivity index (χ2v) is 9.28. The minimum Gasteiger partial charge on any atom is -0.353 e. The van der Waals surface area contributed by atoms with E-state index in [1.54, 1.807) is 6.92 Å².